The lowest BCUT2D eigenvalue weighted by Gasteiger charge is -2.19. The van der Waals surface area contributed by atoms with Crippen LogP contribution in [0, 0.1) is 5.82 Å². The third-order valence-electron chi connectivity index (χ3n) is 5.02. The van der Waals surface area contributed by atoms with E-state index in [1.165, 1.54) is 12.1 Å². The number of nitrogens with one attached hydrogen (secondary N) is 1. The van der Waals surface area contributed by atoms with Gasteiger partial charge in [-0.15, -0.1) is 0 Å². The second-order valence-corrected chi connectivity index (χ2v) is 7.26. The van der Waals surface area contributed by atoms with Crippen LogP contribution in [0.1, 0.15) is 12.0 Å². The summed E-state index contributed by atoms with van der Waals surface area (Å²) in [5, 5.41) is 4.02. The Morgan fingerprint density at radius 3 is 2.96 bits per heavy atom. The maximum absolute atomic E-state index is 13.5. The zero-order valence-electron chi connectivity index (χ0n) is 15.5. The Balaban J connectivity index is 1.67. The van der Waals surface area contributed by atoms with Gasteiger partial charge in [0.15, 0.2) is 0 Å². The maximum atomic E-state index is 13.5. The molecule has 7 heteroatoms. The Bertz CT molecular complexity index is 1030. The van der Waals surface area contributed by atoms with Crippen molar-refractivity contribution in [2.75, 3.05) is 26.7 Å². The molecular formula is C21H21ClFN3O2. The number of aromatic nitrogens is 1. The number of carbonyl (C=O) groups is 1. The number of amides is 1. The predicted octanol–water partition coefficient (Wildman–Crippen LogP) is 3.75. The molecule has 0 fully saturated rings. The van der Waals surface area contributed by atoms with Gasteiger partial charge in [-0.2, -0.15) is 0 Å². The van der Waals surface area contributed by atoms with Crippen molar-refractivity contribution < 1.29 is 13.9 Å². The maximum Gasteiger partial charge on any atom is 0.221 e. The van der Waals surface area contributed by atoms with Crippen molar-refractivity contribution in [2.24, 2.45) is 0 Å². The Morgan fingerprint density at radius 1 is 1.29 bits per heavy atom. The first-order valence-electron chi connectivity index (χ1n) is 9.20. The number of rotatable bonds is 4. The minimum atomic E-state index is -0.259. The molecule has 0 atom stereocenters. The molecule has 146 valence electrons. The average molecular weight is 402 g/mol. The van der Waals surface area contributed by atoms with Crippen molar-refractivity contribution >= 4 is 28.4 Å². The molecule has 1 N–H and O–H groups in total. The summed E-state index contributed by atoms with van der Waals surface area (Å²) in [7, 11) is 1.64. The summed E-state index contributed by atoms with van der Waals surface area (Å²) in [6, 6.07) is 10.5. The summed E-state index contributed by atoms with van der Waals surface area (Å²) in [5.41, 5.74) is 2.77. The Hall–Kier alpha value is -2.57. The zero-order valence-corrected chi connectivity index (χ0v) is 16.3. The highest BCUT2D eigenvalue weighted by Gasteiger charge is 2.20. The molecule has 0 bridgehead atoms. The second-order valence-electron chi connectivity index (χ2n) is 6.85. The first-order chi connectivity index (χ1) is 13.5. The Morgan fingerprint density at radius 2 is 2.14 bits per heavy atom. The molecule has 0 aliphatic carbocycles. The molecule has 1 aromatic heterocycles. The summed E-state index contributed by atoms with van der Waals surface area (Å²) in [5.74, 6) is 0.448. The molecule has 3 aromatic rings. The van der Waals surface area contributed by atoms with Gasteiger partial charge in [0.2, 0.25) is 5.91 Å². The van der Waals surface area contributed by atoms with Crippen LogP contribution in [0.4, 0.5) is 4.39 Å². The van der Waals surface area contributed by atoms with E-state index in [1.54, 1.807) is 13.1 Å². The number of carbonyl (C=O) groups excluding carboxylic acids is 1. The topological polar surface area (TPSA) is 46.5 Å². The minimum Gasteiger partial charge on any atom is -0.490 e. The van der Waals surface area contributed by atoms with Gasteiger partial charge in [-0.05, 0) is 36.4 Å². The van der Waals surface area contributed by atoms with Crippen LogP contribution in [-0.4, -0.2) is 42.1 Å². The summed E-state index contributed by atoms with van der Waals surface area (Å²) in [6.45, 7) is 2.54. The smallest absolute Gasteiger partial charge is 0.221 e. The van der Waals surface area contributed by atoms with E-state index in [2.05, 4.69) is 10.2 Å². The van der Waals surface area contributed by atoms with Gasteiger partial charge in [-0.25, -0.2) is 4.39 Å². The lowest BCUT2D eigenvalue weighted by atomic mass is 10.1. The molecule has 0 spiro atoms. The van der Waals surface area contributed by atoms with E-state index < -0.39 is 0 Å². The van der Waals surface area contributed by atoms with Gasteiger partial charge in [0.25, 0.3) is 0 Å². The van der Waals surface area contributed by atoms with Crippen LogP contribution in [0.15, 0.2) is 42.6 Å². The normalized spacial score (nSPS) is 14.4. The summed E-state index contributed by atoms with van der Waals surface area (Å²) in [6.07, 6.45) is 2.34. The SMILES string of the molecule is CNC(=O)CCN1CCOc2c(Cl)cc(-n3ccc4cc(F)ccc43)cc2C1. The van der Waals surface area contributed by atoms with E-state index in [-0.39, 0.29) is 11.7 Å². The van der Waals surface area contributed by atoms with Gasteiger partial charge < -0.3 is 14.6 Å². The van der Waals surface area contributed by atoms with Crippen molar-refractivity contribution in [3.05, 3.63) is 59.0 Å². The van der Waals surface area contributed by atoms with Gasteiger partial charge in [0, 0.05) is 55.9 Å². The largest absolute Gasteiger partial charge is 0.490 e. The van der Waals surface area contributed by atoms with Crippen LogP contribution in [0.25, 0.3) is 16.6 Å². The molecule has 2 aromatic carbocycles. The van der Waals surface area contributed by atoms with Crippen LogP contribution < -0.4 is 10.1 Å². The highest BCUT2D eigenvalue weighted by molar-refractivity contribution is 6.32. The molecule has 0 saturated carbocycles. The molecule has 5 nitrogen and oxygen atoms in total. The van der Waals surface area contributed by atoms with Crippen molar-refractivity contribution in [1.29, 1.82) is 0 Å². The van der Waals surface area contributed by atoms with Crippen LogP contribution in [0.3, 0.4) is 0 Å². The highest BCUT2D eigenvalue weighted by atomic mass is 35.5. The summed E-state index contributed by atoms with van der Waals surface area (Å²) < 4.78 is 21.4. The Kier molecular flexibility index (Phi) is 5.24. The standard InChI is InChI=1S/C21H21ClFN3O2/c1-24-20(27)5-6-25-8-9-28-21-15(13-25)11-17(12-18(21)22)26-7-4-14-10-16(23)2-3-19(14)26/h2-4,7,10-12H,5-6,8-9,13H2,1H3,(H,24,27). The molecule has 28 heavy (non-hydrogen) atoms. The molecule has 0 unspecified atom stereocenters. The molecule has 1 amide bonds. The highest BCUT2D eigenvalue weighted by Crippen LogP contribution is 2.35. The van der Waals surface area contributed by atoms with Crippen LogP contribution in [0.5, 0.6) is 5.75 Å². The third kappa shape index (κ3) is 3.70. The molecular weight excluding hydrogens is 381 g/mol. The fraction of sp³-hybridized carbons (Fsp3) is 0.286. The molecule has 0 radical (unpaired) electrons. The van der Waals surface area contributed by atoms with Crippen molar-refractivity contribution in [1.82, 2.24) is 14.8 Å². The number of hydrogen-bond donors (Lipinski definition) is 1. The van der Waals surface area contributed by atoms with E-state index in [0.717, 1.165) is 28.7 Å². The van der Waals surface area contributed by atoms with Gasteiger partial charge in [-0.3, -0.25) is 9.69 Å². The lowest BCUT2D eigenvalue weighted by molar-refractivity contribution is -0.121. The molecule has 1 aliphatic rings. The first kappa shape index (κ1) is 18.8. The van der Waals surface area contributed by atoms with Crippen LogP contribution >= 0.6 is 11.6 Å². The van der Waals surface area contributed by atoms with E-state index in [1.807, 2.05) is 29.0 Å². The molecule has 4 rings (SSSR count). The average Bonchev–Trinajstić information content (AvgIpc) is 2.98. The zero-order chi connectivity index (χ0) is 19.7. The van der Waals surface area contributed by atoms with Gasteiger partial charge in [0.1, 0.15) is 18.2 Å². The lowest BCUT2D eigenvalue weighted by Crippen LogP contribution is -2.30. The predicted molar refractivity (Wildman–Crippen MR) is 108 cm³/mol. The van der Waals surface area contributed by atoms with Crippen molar-refractivity contribution in [3.63, 3.8) is 0 Å². The van der Waals surface area contributed by atoms with E-state index in [9.17, 15) is 9.18 Å². The first-order valence-corrected chi connectivity index (χ1v) is 9.58. The molecule has 1 aliphatic heterocycles. The van der Waals surface area contributed by atoms with E-state index in [4.69, 9.17) is 16.3 Å². The number of ether oxygens (including phenoxy) is 1. The fourth-order valence-corrected chi connectivity index (χ4v) is 3.85. The third-order valence-corrected chi connectivity index (χ3v) is 5.30. The number of benzene rings is 2. The molecule has 2 heterocycles. The van der Waals surface area contributed by atoms with Gasteiger partial charge in [-0.1, -0.05) is 11.6 Å². The number of halogens is 2. The van der Waals surface area contributed by atoms with Crippen molar-refractivity contribution in [2.45, 2.75) is 13.0 Å². The quantitative estimate of drug-likeness (QED) is 0.724. The summed E-state index contributed by atoms with van der Waals surface area (Å²) >= 11 is 6.53. The number of nitrogens with zero attached hydrogens (tertiary/aromatic N) is 2. The number of fused-ring (bicyclic) bond motifs is 2. The fourth-order valence-electron chi connectivity index (χ4n) is 3.56. The van der Waals surface area contributed by atoms with Crippen LogP contribution in [0.2, 0.25) is 5.02 Å². The second kappa shape index (κ2) is 7.81. The molecule has 0 saturated heterocycles. The Labute approximate surface area is 167 Å². The monoisotopic (exact) mass is 401 g/mol. The van der Waals surface area contributed by atoms with Gasteiger partial charge >= 0.3 is 0 Å². The minimum absolute atomic E-state index is 0.0169. The van der Waals surface area contributed by atoms with E-state index in [0.29, 0.717) is 36.9 Å². The van der Waals surface area contributed by atoms with Gasteiger partial charge in [0.05, 0.1) is 10.5 Å². The number of hydrogen-bond acceptors (Lipinski definition) is 3. The van der Waals surface area contributed by atoms with E-state index >= 15 is 0 Å². The van der Waals surface area contributed by atoms with Crippen molar-refractivity contribution in [3.8, 4) is 11.4 Å². The summed E-state index contributed by atoms with van der Waals surface area (Å²) in [4.78, 5) is 13.8. The van der Waals surface area contributed by atoms with Crippen LogP contribution in [-0.2, 0) is 11.3 Å².